The lowest BCUT2D eigenvalue weighted by Gasteiger charge is -2.07. The summed E-state index contributed by atoms with van der Waals surface area (Å²) in [7, 11) is 0. The zero-order chi connectivity index (χ0) is 10.7. The zero-order valence-electron chi connectivity index (χ0n) is 8.82. The van der Waals surface area contributed by atoms with Crippen molar-refractivity contribution in [3.63, 3.8) is 0 Å². The number of anilines is 1. The van der Waals surface area contributed by atoms with Gasteiger partial charge in [0, 0.05) is 6.54 Å². The zero-order valence-corrected chi connectivity index (χ0v) is 9.64. The maximum absolute atomic E-state index is 3.94. The first kappa shape index (κ1) is 10.1. The number of nitrogens with one attached hydrogen (secondary N) is 1. The summed E-state index contributed by atoms with van der Waals surface area (Å²) in [5, 5.41) is 9.09. The highest BCUT2D eigenvalue weighted by atomic mass is 32.1. The van der Waals surface area contributed by atoms with Crippen LogP contribution in [0, 0.1) is 13.8 Å². The summed E-state index contributed by atoms with van der Waals surface area (Å²) < 4.78 is 3.80. The number of hydrogen-bond acceptors (Lipinski definition) is 4. The van der Waals surface area contributed by atoms with E-state index in [-0.39, 0.29) is 0 Å². The van der Waals surface area contributed by atoms with Crippen LogP contribution >= 0.6 is 11.5 Å². The number of aryl methyl sites for hydroxylation is 2. The van der Waals surface area contributed by atoms with Crippen LogP contribution in [0.25, 0.3) is 0 Å². The molecule has 1 N–H and O–H groups in total. The molecule has 0 radical (unpaired) electrons. The lowest BCUT2D eigenvalue weighted by molar-refractivity contribution is 1.06. The molecule has 0 aliphatic heterocycles. The molecule has 1 aromatic carbocycles. The van der Waals surface area contributed by atoms with Gasteiger partial charge in [-0.15, -0.1) is 5.10 Å². The lowest BCUT2D eigenvalue weighted by atomic mass is 10.1. The molecule has 0 bridgehead atoms. The largest absolute Gasteiger partial charge is 0.364 e. The van der Waals surface area contributed by atoms with Gasteiger partial charge in [-0.2, -0.15) is 0 Å². The van der Waals surface area contributed by atoms with Crippen LogP contribution in [-0.2, 0) is 6.54 Å². The van der Waals surface area contributed by atoms with Crippen LogP contribution in [0.4, 0.5) is 5.82 Å². The molecule has 0 atom stereocenters. The van der Waals surface area contributed by atoms with Crippen LogP contribution in [0.1, 0.15) is 16.7 Å². The van der Waals surface area contributed by atoms with E-state index in [9.17, 15) is 0 Å². The van der Waals surface area contributed by atoms with Crippen LogP contribution in [-0.4, -0.2) is 9.59 Å². The van der Waals surface area contributed by atoms with Gasteiger partial charge in [-0.05, 0) is 36.5 Å². The average Bonchev–Trinajstić information content (AvgIpc) is 2.72. The molecule has 0 aliphatic carbocycles. The van der Waals surface area contributed by atoms with E-state index in [1.54, 1.807) is 0 Å². The highest BCUT2D eigenvalue weighted by molar-refractivity contribution is 7.03. The molecule has 2 aromatic rings. The Balaban J connectivity index is 2.07. The molecule has 1 heterocycles. The molecule has 3 nitrogen and oxygen atoms in total. The van der Waals surface area contributed by atoms with Crippen LogP contribution < -0.4 is 5.32 Å². The molecule has 0 amide bonds. The minimum absolute atomic E-state index is 0.804. The molecule has 78 valence electrons. The van der Waals surface area contributed by atoms with Gasteiger partial charge in [0.2, 0.25) is 0 Å². The fraction of sp³-hybridized carbons (Fsp3) is 0.273. The monoisotopic (exact) mass is 219 g/mol. The summed E-state index contributed by atoms with van der Waals surface area (Å²) in [5.74, 6) is 0.848. The smallest absolute Gasteiger partial charge is 0.161 e. The summed E-state index contributed by atoms with van der Waals surface area (Å²) in [4.78, 5) is 0. The minimum Gasteiger partial charge on any atom is -0.364 e. The van der Waals surface area contributed by atoms with Crippen molar-refractivity contribution in [1.82, 2.24) is 9.59 Å². The Hall–Kier alpha value is -1.42. The van der Waals surface area contributed by atoms with Crippen molar-refractivity contribution >= 4 is 17.4 Å². The maximum Gasteiger partial charge on any atom is 0.161 e. The Bertz CT molecular complexity index is 437. The Kier molecular flexibility index (Phi) is 2.97. The summed E-state index contributed by atoms with van der Waals surface area (Å²) in [5.41, 5.74) is 3.90. The highest BCUT2D eigenvalue weighted by Gasteiger charge is 2.00. The first-order chi connectivity index (χ1) is 7.25. The highest BCUT2D eigenvalue weighted by Crippen LogP contribution is 2.13. The maximum atomic E-state index is 3.94. The molecule has 4 heteroatoms. The quantitative estimate of drug-likeness (QED) is 0.862. The van der Waals surface area contributed by atoms with Gasteiger partial charge in [-0.25, -0.2) is 0 Å². The Morgan fingerprint density at radius 1 is 1.33 bits per heavy atom. The summed E-state index contributed by atoms with van der Waals surface area (Å²) in [6.45, 7) is 5.03. The van der Waals surface area contributed by atoms with Gasteiger partial charge in [0.25, 0.3) is 0 Å². The second-order valence-electron chi connectivity index (χ2n) is 3.57. The molecule has 0 spiro atoms. The fourth-order valence-electron chi connectivity index (χ4n) is 1.42. The summed E-state index contributed by atoms with van der Waals surface area (Å²) in [6, 6.07) is 6.47. The van der Waals surface area contributed by atoms with Crippen molar-refractivity contribution in [3.8, 4) is 0 Å². The second kappa shape index (κ2) is 4.40. The fourth-order valence-corrected chi connectivity index (χ4v) is 1.83. The molecule has 0 fully saturated rings. The van der Waals surface area contributed by atoms with Gasteiger partial charge in [0.05, 0.1) is 5.38 Å². The van der Waals surface area contributed by atoms with Gasteiger partial charge in [0.15, 0.2) is 5.82 Å². The third-order valence-electron chi connectivity index (χ3n) is 2.32. The van der Waals surface area contributed by atoms with Crippen molar-refractivity contribution in [2.45, 2.75) is 20.4 Å². The van der Waals surface area contributed by atoms with E-state index in [1.807, 2.05) is 5.38 Å². The third kappa shape index (κ3) is 2.53. The van der Waals surface area contributed by atoms with Crippen molar-refractivity contribution < 1.29 is 0 Å². The molecular formula is C11H13N3S. The normalized spacial score (nSPS) is 10.3. The lowest BCUT2D eigenvalue weighted by Crippen LogP contribution is -2.01. The first-order valence-corrected chi connectivity index (χ1v) is 5.66. The van der Waals surface area contributed by atoms with Gasteiger partial charge in [0.1, 0.15) is 0 Å². The Morgan fingerprint density at radius 3 is 2.93 bits per heavy atom. The van der Waals surface area contributed by atoms with Gasteiger partial charge in [-0.1, -0.05) is 28.3 Å². The Labute approximate surface area is 93.3 Å². The van der Waals surface area contributed by atoms with E-state index >= 15 is 0 Å². The number of nitrogens with zero attached hydrogens (tertiary/aromatic N) is 2. The van der Waals surface area contributed by atoms with E-state index in [2.05, 4.69) is 47.0 Å². The molecule has 0 aliphatic rings. The number of aromatic nitrogens is 2. The van der Waals surface area contributed by atoms with E-state index in [1.165, 1.54) is 28.2 Å². The summed E-state index contributed by atoms with van der Waals surface area (Å²) in [6.07, 6.45) is 0. The van der Waals surface area contributed by atoms with Gasteiger partial charge < -0.3 is 5.32 Å². The van der Waals surface area contributed by atoms with Crippen molar-refractivity contribution in [1.29, 1.82) is 0 Å². The predicted molar refractivity (Wildman–Crippen MR) is 63.2 cm³/mol. The second-order valence-corrected chi connectivity index (χ2v) is 4.18. The van der Waals surface area contributed by atoms with Crippen LogP contribution in [0.15, 0.2) is 23.6 Å². The van der Waals surface area contributed by atoms with E-state index in [0.29, 0.717) is 0 Å². The third-order valence-corrected chi connectivity index (χ3v) is 2.83. The molecule has 1 aromatic heterocycles. The van der Waals surface area contributed by atoms with Crippen molar-refractivity contribution in [2.24, 2.45) is 0 Å². The van der Waals surface area contributed by atoms with E-state index in [0.717, 1.165) is 12.4 Å². The number of benzene rings is 1. The van der Waals surface area contributed by atoms with E-state index in [4.69, 9.17) is 0 Å². The van der Waals surface area contributed by atoms with E-state index < -0.39 is 0 Å². The number of rotatable bonds is 3. The summed E-state index contributed by atoms with van der Waals surface area (Å²) >= 11 is 1.36. The molecule has 0 saturated heterocycles. The standard InChI is InChI=1S/C11H13N3S/c1-8-3-4-9(2)10(5-8)6-12-11-7-15-14-13-11/h3-5,7,12H,6H2,1-2H3. The van der Waals surface area contributed by atoms with Crippen molar-refractivity contribution in [2.75, 3.05) is 5.32 Å². The first-order valence-electron chi connectivity index (χ1n) is 4.83. The topological polar surface area (TPSA) is 37.8 Å². The molecule has 15 heavy (non-hydrogen) atoms. The number of hydrogen-bond donors (Lipinski definition) is 1. The van der Waals surface area contributed by atoms with Crippen LogP contribution in [0.2, 0.25) is 0 Å². The van der Waals surface area contributed by atoms with Gasteiger partial charge >= 0.3 is 0 Å². The van der Waals surface area contributed by atoms with Crippen LogP contribution in [0.3, 0.4) is 0 Å². The average molecular weight is 219 g/mol. The SMILES string of the molecule is Cc1ccc(C)c(CNc2csnn2)c1. The van der Waals surface area contributed by atoms with Crippen molar-refractivity contribution in [3.05, 3.63) is 40.3 Å². The molecular weight excluding hydrogens is 206 g/mol. The van der Waals surface area contributed by atoms with Gasteiger partial charge in [-0.3, -0.25) is 0 Å². The van der Waals surface area contributed by atoms with Crippen LogP contribution in [0.5, 0.6) is 0 Å². The molecule has 0 saturated carbocycles. The predicted octanol–water partition coefficient (Wildman–Crippen LogP) is 2.77. The minimum atomic E-state index is 0.804. The Morgan fingerprint density at radius 2 is 2.20 bits per heavy atom. The molecule has 0 unspecified atom stereocenters. The molecule has 2 rings (SSSR count).